The van der Waals surface area contributed by atoms with Crippen LogP contribution >= 0.6 is 0 Å². The van der Waals surface area contributed by atoms with Gasteiger partial charge in [0.15, 0.2) is 0 Å². The minimum absolute atomic E-state index is 0.288. The summed E-state index contributed by atoms with van der Waals surface area (Å²) in [5.41, 5.74) is 9.96. The second kappa shape index (κ2) is 5.83. The second-order valence-electron chi connectivity index (χ2n) is 5.28. The standard InChI is InChI=1S/C15H24N2O/c1-11-4-5-13(8-12(11)2)15(9-16)17(3)14-6-7-18-10-14/h4-5,8,14-15H,6-7,9-10,16H2,1-3H3. The predicted octanol–water partition coefficient (Wildman–Crippen LogP) is 2.02. The average molecular weight is 248 g/mol. The van der Waals surface area contributed by atoms with Gasteiger partial charge in [0.1, 0.15) is 0 Å². The van der Waals surface area contributed by atoms with Crippen LogP contribution in [-0.4, -0.2) is 37.7 Å². The van der Waals surface area contributed by atoms with Crippen molar-refractivity contribution in [2.75, 3.05) is 26.8 Å². The lowest BCUT2D eigenvalue weighted by Gasteiger charge is -2.32. The molecule has 2 unspecified atom stereocenters. The number of nitrogens with zero attached hydrogens (tertiary/aromatic N) is 1. The van der Waals surface area contributed by atoms with E-state index in [0.29, 0.717) is 12.6 Å². The molecule has 100 valence electrons. The summed E-state index contributed by atoms with van der Waals surface area (Å²) in [4.78, 5) is 2.37. The maximum atomic E-state index is 5.98. The van der Waals surface area contributed by atoms with E-state index in [0.717, 1.165) is 19.6 Å². The molecule has 1 aliphatic rings. The third-order valence-corrected chi connectivity index (χ3v) is 4.11. The molecular formula is C15H24N2O. The van der Waals surface area contributed by atoms with Crippen LogP contribution in [0.25, 0.3) is 0 Å². The molecule has 1 saturated heterocycles. The van der Waals surface area contributed by atoms with Crippen LogP contribution in [0.1, 0.15) is 29.2 Å². The second-order valence-corrected chi connectivity index (χ2v) is 5.28. The van der Waals surface area contributed by atoms with Crippen LogP contribution in [0.4, 0.5) is 0 Å². The van der Waals surface area contributed by atoms with E-state index in [1.807, 2.05) is 0 Å². The lowest BCUT2D eigenvalue weighted by Crippen LogP contribution is -2.39. The zero-order valence-corrected chi connectivity index (χ0v) is 11.6. The largest absolute Gasteiger partial charge is 0.380 e. The molecule has 0 amide bonds. The summed E-state index contributed by atoms with van der Waals surface area (Å²) in [6.07, 6.45) is 1.11. The lowest BCUT2D eigenvalue weighted by atomic mass is 9.99. The molecule has 0 aromatic heterocycles. The van der Waals surface area contributed by atoms with E-state index in [-0.39, 0.29) is 6.04 Å². The van der Waals surface area contributed by atoms with Crippen LogP contribution in [0, 0.1) is 13.8 Å². The van der Waals surface area contributed by atoms with Crippen LogP contribution in [-0.2, 0) is 4.74 Å². The summed E-state index contributed by atoms with van der Waals surface area (Å²) in [5, 5.41) is 0. The molecule has 0 bridgehead atoms. The predicted molar refractivity (Wildman–Crippen MR) is 74.7 cm³/mol. The van der Waals surface area contributed by atoms with Gasteiger partial charge in [0.05, 0.1) is 6.61 Å². The van der Waals surface area contributed by atoms with E-state index in [1.54, 1.807) is 0 Å². The van der Waals surface area contributed by atoms with Gasteiger partial charge in [-0.05, 0) is 44.0 Å². The van der Waals surface area contributed by atoms with E-state index in [1.165, 1.54) is 16.7 Å². The van der Waals surface area contributed by atoms with Crippen molar-refractivity contribution in [1.29, 1.82) is 0 Å². The fourth-order valence-electron chi connectivity index (χ4n) is 2.61. The van der Waals surface area contributed by atoms with Gasteiger partial charge in [-0.2, -0.15) is 0 Å². The summed E-state index contributed by atoms with van der Waals surface area (Å²) in [6.45, 7) is 6.66. The first kappa shape index (κ1) is 13.5. The monoisotopic (exact) mass is 248 g/mol. The quantitative estimate of drug-likeness (QED) is 0.886. The van der Waals surface area contributed by atoms with Gasteiger partial charge in [-0.1, -0.05) is 18.2 Å². The van der Waals surface area contributed by atoms with Gasteiger partial charge in [0.2, 0.25) is 0 Å². The highest BCUT2D eigenvalue weighted by Crippen LogP contribution is 2.25. The molecule has 1 fully saturated rings. The van der Waals surface area contributed by atoms with Crippen molar-refractivity contribution < 1.29 is 4.74 Å². The SMILES string of the molecule is Cc1ccc(C(CN)N(C)C2CCOC2)cc1C. The summed E-state index contributed by atoms with van der Waals surface area (Å²) in [5.74, 6) is 0. The van der Waals surface area contributed by atoms with Crippen LogP contribution < -0.4 is 5.73 Å². The maximum Gasteiger partial charge on any atom is 0.0622 e. The van der Waals surface area contributed by atoms with E-state index < -0.39 is 0 Å². The molecule has 0 spiro atoms. The molecule has 1 aliphatic heterocycles. The van der Waals surface area contributed by atoms with Crippen LogP contribution in [0.5, 0.6) is 0 Å². The van der Waals surface area contributed by atoms with Gasteiger partial charge < -0.3 is 10.5 Å². The van der Waals surface area contributed by atoms with Crippen molar-refractivity contribution in [2.24, 2.45) is 5.73 Å². The van der Waals surface area contributed by atoms with Crippen molar-refractivity contribution in [3.63, 3.8) is 0 Å². The van der Waals surface area contributed by atoms with Gasteiger partial charge in [-0.3, -0.25) is 4.90 Å². The molecule has 0 aliphatic carbocycles. The zero-order chi connectivity index (χ0) is 13.1. The van der Waals surface area contributed by atoms with Crippen LogP contribution in [0.15, 0.2) is 18.2 Å². The molecule has 2 rings (SSSR count). The first-order valence-corrected chi connectivity index (χ1v) is 6.70. The molecule has 3 nitrogen and oxygen atoms in total. The van der Waals surface area contributed by atoms with Crippen molar-refractivity contribution in [1.82, 2.24) is 4.90 Å². The van der Waals surface area contributed by atoms with E-state index in [9.17, 15) is 0 Å². The maximum absolute atomic E-state index is 5.98. The molecule has 2 atom stereocenters. The minimum atomic E-state index is 0.288. The Morgan fingerprint density at radius 3 is 2.72 bits per heavy atom. The van der Waals surface area contributed by atoms with Gasteiger partial charge in [0.25, 0.3) is 0 Å². The number of ether oxygens (including phenoxy) is 1. The van der Waals surface area contributed by atoms with Gasteiger partial charge in [-0.15, -0.1) is 0 Å². The summed E-state index contributed by atoms with van der Waals surface area (Å²) < 4.78 is 5.47. The first-order valence-electron chi connectivity index (χ1n) is 6.70. The fraction of sp³-hybridized carbons (Fsp3) is 0.600. The number of likely N-dealkylation sites (N-methyl/N-ethyl adjacent to an activating group) is 1. The molecule has 1 aromatic carbocycles. The number of hydrogen-bond acceptors (Lipinski definition) is 3. The number of rotatable bonds is 4. The third kappa shape index (κ3) is 2.74. The van der Waals surface area contributed by atoms with Gasteiger partial charge in [0, 0.05) is 25.2 Å². The molecule has 18 heavy (non-hydrogen) atoms. The molecule has 1 heterocycles. The van der Waals surface area contributed by atoms with Crippen molar-refractivity contribution in [3.8, 4) is 0 Å². The van der Waals surface area contributed by atoms with E-state index >= 15 is 0 Å². The van der Waals surface area contributed by atoms with Crippen molar-refractivity contribution in [2.45, 2.75) is 32.4 Å². The van der Waals surface area contributed by atoms with Gasteiger partial charge >= 0.3 is 0 Å². The Kier molecular flexibility index (Phi) is 4.38. The lowest BCUT2D eigenvalue weighted by molar-refractivity contribution is 0.134. The van der Waals surface area contributed by atoms with Crippen LogP contribution in [0.3, 0.4) is 0 Å². The summed E-state index contributed by atoms with van der Waals surface area (Å²) >= 11 is 0. The number of hydrogen-bond donors (Lipinski definition) is 1. The highest BCUT2D eigenvalue weighted by Gasteiger charge is 2.26. The number of benzene rings is 1. The van der Waals surface area contributed by atoms with E-state index in [4.69, 9.17) is 10.5 Å². The third-order valence-electron chi connectivity index (χ3n) is 4.11. The molecule has 2 N–H and O–H groups in total. The Morgan fingerprint density at radius 2 is 2.17 bits per heavy atom. The van der Waals surface area contributed by atoms with Crippen molar-refractivity contribution >= 4 is 0 Å². The zero-order valence-electron chi connectivity index (χ0n) is 11.6. The Labute approximate surface area is 110 Å². The highest BCUT2D eigenvalue weighted by molar-refractivity contribution is 5.32. The number of aryl methyl sites for hydroxylation is 2. The normalized spacial score (nSPS) is 21.5. The molecule has 3 heteroatoms. The smallest absolute Gasteiger partial charge is 0.0622 e. The summed E-state index contributed by atoms with van der Waals surface area (Å²) in [6, 6.07) is 7.44. The van der Waals surface area contributed by atoms with Gasteiger partial charge in [-0.25, -0.2) is 0 Å². The molecule has 1 aromatic rings. The molecule has 0 radical (unpaired) electrons. The Balaban J connectivity index is 2.18. The van der Waals surface area contributed by atoms with Crippen molar-refractivity contribution in [3.05, 3.63) is 34.9 Å². The highest BCUT2D eigenvalue weighted by atomic mass is 16.5. The summed E-state index contributed by atoms with van der Waals surface area (Å²) in [7, 11) is 2.16. The number of nitrogens with two attached hydrogens (primary N) is 1. The first-order chi connectivity index (χ1) is 8.63. The Bertz CT molecular complexity index is 399. The van der Waals surface area contributed by atoms with Crippen LogP contribution in [0.2, 0.25) is 0 Å². The minimum Gasteiger partial charge on any atom is -0.380 e. The molecule has 0 saturated carbocycles. The Morgan fingerprint density at radius 1 is 1.39 bits per heavy atom. The topological polar surface area (TPSA) is 38.5 Å². The fourth-order valence-corrected chi connectivity index (χ4v) is 2.61. The molecular weight excluding hydrogens is 224 g/mol. The Hall–Kier alpha value is -0.900. The average Bonchev–Trinajstić information content (AvgIpc) is 2.88. The van der Waals surface area contributed by atoms with E-state index in [2.05, 4.69) is 44.0 Å².